The Bertz CT molecular complexity index is 499. The molecule has 0 bridgehead atoms. The number of hydrogen-bond donors (Lipinski definition) is 1. The van der Waals surface area contributed by atoms with Crippen LogP contribution in [0.25, 0.3) is 0 Å². The standard InChI is InChI=1S/C18H26O4/c1-17(14(22-17)8-7-12-5-3-4-6-12)16-15(20-2)13(19)9-10-18(16)11-21-18/h7,9-10,13-16,19H,3-6,8,11H2,1-2H3. The smallest absolute Gasteiger partial charge is 0.118 e. The van der Waals surface area contributed by atoms with E-state index in [1.54, 1.807) is 18.8 Å². The van der Waals surface area contributed by atoms with E-state index < -0.39 is 6.10 Å². The summed E-state index contributed by atoms with van der Waals surface area (Å²) in [6.45, 7) is 2.85. The Hall–Kier alpha value is -0.680. The zero-order valence-corrected chi connectivity index (χ0v) is 13.5. The Kier molecular flexibility index (Phi) is 3.49. The van der Waals surface area contributed by atoms with Gasteiger partial charge in [-0.3, -0.25) is 0 Å². The van der Waals surface area contributed by atoms with Crippen molar-refractivity contribution in [3.8, 4) is 0 Å². The van der Waals surface area contributed by atoms with Gasteiger partial charge in [-0.1, -0.05) is 23.8 Å². The van der Waals surface area contributed by atoms with E-state index >= 15 is 0 Å². The number of hydrogen-bond acceptors (Lipinski definition) is 4. The summed E-state index contributed by atoms with van der Waals surface area (Å²) in [5.41, 5.74) is 1.03. The van der Waals surface area contributed by atoms with E-state index in [0.29, 0.717) is 6.61 Å². The quantitative estimate of drug-likeness (QED) is 0.640. The Balaban J connectivity index is 1.50. The van der Waals surface area contributed by atoms with E-state index in [1.165, 1.54) is 25.7 Å². The van der Waals surface area contributed by atoms with Crippen LogP contribution in [0, 0.1) is 5.92 Å². The van der Waals surface area contributed by atoms with Crippen LogP contribution in [-0.2, 0) is 14.2 Å². The van der Waals surface area contributed by atoms with Crippen molar-refractivity contribution >= 4 is 0 Å². The number of aliphatic hydroxyl groups excluding tert-OH is 1. The largest absolute Gasteiger partial charge is 0.386 e. The number of aliphatic hydroxyl groups is 1. The van der Waals surface area contributed by atoms with Crippen molar-refractivity contribution in [1.29, 1.82) is 0 Å². The topological polar surface area (TPSA) is 54.5 Å². The van der Waals surface area contributed by atoms with Crippen molar-refractivity contribution in [3.05, 3.63) is 23.8 Å². The molecule has 4 rings (SSSR count). The zero-order valence-electron chi connectivity index (χ0n) is 13.5. The second kappa shape index (κ2) is 5.17. The van der Waals surface area contributed by atoms with Crippen LogP contribution in [0.5, 0.6) is 0 Å². The molecule has 4 aliphatic rings. The van der Waals surface area contributed by atoms with Crippen LogP contribution in [0.1, 0.15) is 39.0 Å². The molecule has 6 atom stereocenters. The van der Waals surface area contributed by atoms with Gasteiger partial charge in [-0.05, 0) is 39.0 Å². The predicted octanol–water partition coefficient (Wildman–Crippen LogP) is 2.37. The maximum atomic E-state index is 10.2. The Morgan fingerprint density at radius 3 is 2.77 bits per heavy atom. The van der Waals surface area contributed by atoms with Gasteiger partial charge in [0.25, 0.3) is 0 Å². The van der Waals surface area contributed by atoms with Crippen LogP contribution in [0.15, 0.2) is 23.8 Å². The lowest BCUT2D eigenvalue weighted by atomic mass is 9.71. The summed E-state index contributed by atoms with van der Waals surface area (Å²) in [6, 6.07) is 0. The van der Waals surface area contributed by atoms with E-state index in [1.807, 2.05) is 6.08 Å². The first-order chi connectivity index (χ1) is 10.6. The summed E-state index contributed by atoms with van der Waals surface area (Å²) in [5, 5.41) is 10.2. The third kappa shape index (κ3) is 2.28. The molecular formula is C18H26O4. The Morgan fingerprint density at radius 1 is 1.41 bits per heavy atom. The highest BCUT2D eigenvalue weighted by atomic mass is 16.6. The molecule has 6 unspecified atom stereocenters. The molecule has 2 aliphatic carbocycles. The van der Waals surface area contributed by atoms with Gasteiger partial charge in [-0.15, -0.1) is 0 Å². The fourth-order valence-corrected chi connectivity index (χ4v) is 4.53. The van der Waals surface area contributed by atoms with E-state index in [0.717, 1.165) is 6.42 Å². The molecule has 0 aromatic rings. The second-order valence-electron chi connectivity index (χ2n) is 7.37. The summed E-state index contributed by atoms with van der Waals surface area (Å²) in [6.07, 6.45) is 11.7. The molecule has 0 aromatic carbocycles. The lowest BCUT2D eigenvalue weighted by molar-refractivity contribution is -0.0717. The molecule has 4 nitrogen and oxygen atoms in total. The van der Waals surface area contributed by atoms with Crippen LogP contribution < -0.4 is 0 Å². The summed E-state index contributed by atoms with van der Waals surface area (Å²) in [4.78, 5) is 0. The van der Waals surface area contributed by atoms with Crippen molar-refractivity contribution in [1.82, 2.24) is 0 Å². The fraction of sp³-hybridized carbons (Fsp3) is 0.778. The van der Waals surface area contributed by atoms with Gasteiger partial charge < -0.3 is 19.3 Å². The maximum absolute atomic E-state index is 10.2. The number of epoxide rings is 2. The van der Waals surface area contributed by atoms with Gasteiger partial charge in [0, 0.05) is 7.11 Å². The van der Waals surface area contributed by atoms with Gasteiger partial charge in [-0.2, -0.15) is 0 Å². The van der Waals surface area contributed by atoms with Crippen LogP contribution in [0.3, 0.4) is 0 Å². The molecule has 1 spiro atoms. The number of allylic oxidation sites excluding steroid dienone is 1. The van der Waals surface area contributed by atoms with Gasteiger partial charge in [-0.25, -0.2) is 0 Å². The van der Waals surface area contributed by atoms with E-state index in [9.17, 15) is 5.11 Å². The van der Waals surface area contributed by atoms with Gasteiger partial charge >= 0.3 is 0 Å². The first-order valence-electron chi connectivity index (χ1n) is 8.49. The van der Waals surface area contributed by atoms with Gasteiger partial charge in [0.2, 0.25) is 0 Å². The first kappa shape index (κ1) is 14.9. The normalized spacial score (nSPS) is 49.7. The first-order valence-corrected chi connectivity index (χ1v) is 8.49. The summed E-state index contributed by atoms with van der Waals surface area (Å²) >= 11 is 0. The molecule has 0 aromatic heterocycles. The molecule has 22 heavy (non-hydrogen) atoms. The molecule has 1 saturated carbocycles. The van der Waals surface area contributed by atoms with Crippen LogP contribution in [-0.4, -0.2) is 48.3 Å². The zero-order chi connectivity index (χ0) is 15.4. The minimum absolute atomic E-state index is 0.0528. The molecule has 2 aliphatic heterocycles. The third-order valence-corrected chi connectivity index (χ3v) is 5.98. The minimum Gasteiger partial charge on any atom is -0.386 e. The molecule has 122 valence electrons. The van der Waals surface area contributed by atoms with Crippen molar-refractivity contribution in [2.45, 2.75) is 68.5 Å². The van der Waals surface area contributed by atoms with Crippen molar-refractivity contribution in [3.63, 3.8) is 0 Å². The molecule has 0 radical (unpaired) electrons. The van der Waals surface area contributed by atoms with Crippen LogP contribution in [0.2, 0.25) is 0 Å². The summed E-state index contributed by atoms with van der Waals surface area (Å²) < 4.78 is 17.5. The monoisotopic (exact) mass is 306 g/mol. The molecule has 2 heterocycles. The highest BCUT2D eigenvalue weighted by Gasteiger charge is 2.70. The second-order valence-corrected chi connectivity index (χ2v) is 7.37. The highest BCUT2D eigenvalue weighted by Crippen LogP contribution is 2.57. The van der Waals surface area contributed by atoms with Crippen LogP contribution >= 0.6 is 0 Å². The average molecular weight is 306 g/mol. The maximum Gasteiger partial charge on any atom is 0.118 e. The van der Waals surface area contributed by atoms with Gasteiger partial charge in [0.1, 0.15) is 11.2 Å². The third-order valence-electron chi connectivity index (χ3n) is 5.98. The number of rotatable bonds is 4. The lowest BCUT2D eigenvalue weighted by Crippen LogP contribution is -2.52. The lowest BCUT2D eigenvalue weighted by Gasteiger charge is -2.38. The molecule has 2 saturated heterocycles. The predicted molar refractivity (Wildman–Crippen MR) is 82.6 cm³/mol. The average Bonchev–Trinajstić information content (AvgIpc) is 3.35. The molecular weight excluding hydrogens is 280 g/mol. The minimum atomic E-state index is -0.584. The number of methoxy groups -OCH3 is 1. The summed E-state index contributed by atoms with van der Waals surface area (Å²) in [5.74, 6) is 0.0528. The highest BCUT2D eigenvalue weighted by molar-refractivity contribution is 5.29. The van der Waals surface area contributed by atoms with E-state index in [4.69, 9.17) is 14.2 Å². The van der Waals surface area contributed by atoms with Crippen LogP contribution in [0.4, 0.5) is 0 Å². The number of ether oxygens (including phenoxy) is 3. The van der Waals surface area contributed by atoms with E-state index in [2.05, 4.69) is 13.0 Å². The Morgan fingerprint density at radius 2 is 2.14 bits per heavy atom. The van der Waals surface area contributed by atoms with Crippen molar-refractivity contribution < 1.29 is 19.3 Å². The van der Waals surface area contributed by atoms with Gasteiger partial charge in [0.05, 0.1) is 30.8 Å². The SMILES string of the molecule is COC1C(O)C=CC2(CO2)C1C1(C)OC1CC=C1CCCC1. The molecule has 4 heteroatoms. The van der Waals surface area contributed by atoms with Gasteiger partial charge in [0.15, 0.2) is 0 Å². The van der Waals surface area contributed by atoms with E-state index in [-0.39, 0.29) is 29.3 Å². The fourth-order valence-electron chi connectivity index (χ4n) is 4.53. The Labute approximate surface area is 132 Å². The summed E-state index contributed by atoms with van der Waals surface area (Å²) in [7, 11) is 1.66. The molecule has 1 N–H and O–H groups in total. The molecule has 0 amide bonds. The molecule has 3 fully saturated rings. The van der Waals surface area contributed by atoms with Crippen molar-refractivity contribution in [2.75, 3.05) is 13.7 Å². The van der Waals surface area contributed by atoms with Crippen molar-refractivity contribution in [2.24, 2.45) is 5.92 Å².